The van der Waals surface area contributed by atoms with Gasteiger partial charge < -0.3 is 4.52 Å². The molecule has 2 atom stereocenters. The smallest absolute Gasteiger partial charge is 0.167 e. The Balaban J connectivity index is 1.85. The fraction of sp³-hybridized carbons (Fsp3) is 0.308. The van der Waals surface area contributed by atoms with Gasteiger partial charge in [-0.2, -0.15) is 0 Å². The van der Waals surface area contributed by atoms with Crippen molar-refractivity contribution in [2.75, 3.05) is 0 Å². The lowest BCUT2D eigenvalue weighted by atomic mass is 9.82. The van der Waals surface area contributed by atoms with Crippen molar-refractivity contribution >= 4 is 37.9 Å². The minimum Gasteiger partial charge on any atom is -0.356 e. The number of nitrogens with two attached hydrogens (primary N) is 1. The van der Waals surface area contributed by atoms with Crippen molar-refractivity contribution in [3.8, 4) is 11.3 Å². The molecule has 0 amide bonds. The van der Waals surface area contributed by atoms with Crippen molar-refractivity contribution < 1.29 is 8.73 Å². The van der Waals surface area contributed by atoms with Gasteiger partial charge in [-0.3, -0.25) is 5.14 Å². The maximum atomic E-state index is 12.4. The first-order chi connectivity index (χ1) is 15.7. The Morgan fingerprint density at radius 2 is 1.88 bits per heavy atom. The van der Waals surface area contributed by atoms with Gasteiger partial charge in [0.15, 0.2) is 5.58 Å². The average molecular weight is 527 g/mol. The molecule has 0 saturated carbocycles. The fourth-order valence-electron chi connectivity index (χ4n) is 4.26. The number of aromatic nitrogens is 2. The van der Waals surface area contributed by atoms with Gasteiger partial charge >= 0.3 is 0 Å². The van der Waals surface area contributed by atoms with Gasteiger partial charge in [-0.05, 0) is 97.3 Å². The van der Waals surface area contributed by atoms with E-state index in [-0.39, 0.29) is 5.92 Å². The van der Waals surface area contributed by atoms with Crippen LogP contribution in [0.4, 0.5) is 0 Å². The summed E-state index contributed by atoms with van der Waals surface area (Å²) in [5.41, 5.74) is 6.96. The van der Waals surface area contributed by atoms with Crippen molar-refractivity contribution in [2.45, 2.75) is 51.2 Å². The molecule has 0 saturated heterocycles. The Morgan fingerprint density at radius 1 is 1.12 bits per heavy atom. The molecular weight excluding hydrogens is 498 g/mol. The zero-order valence-corrected chi connectivity index (χ0v) is 21.7. The van der Waals surface area contributed by atoms with Gasteiger partial charge in [-0.15, -0.1) is 0 Å². The van der Waals surface area contributed by atoms with Crippen LogP contribution in [0.1, 0.15) is 48.6 Å². The van der Waals surface area contributed by atoms with Gasteiger partial charge in [0.2, 0.25) is 0 Å². The number of nitrogens with zero attached hydrogens (tertiary/aromatic N) is 2. The van der Waals surface area contributed by atoms with Crippen LogP contribution >= 0.6 is 15.9 Å². The third-order valence-corrected chi connectivity index (χ3v) is 7.87. The average Bonchev–Trinajstić information content (AvgIpc) is 3.18. The lowest BCUT2D eigenvalue weighted by Crippen LogP contribution is -2.34. The Morgan fingerprint density at radius 3 is 2.64 bits per heavy atom. The number of hydrogen-bond acceptors (Lipinski definition) is 4. The molecule has 5 nitrogen and oxygen atoms in total. The van der Waals surface area contributed by atoms with Crippen LogP contribution in [0.25, 0.3) is 22.2 Å². The minimum atomic E-state index is -1.47. The monoisotopic (exact) mass is 525 g/mol. The van der Waals surface area contributed by atoms with E-state index < -0.39 is 15.7 Å². The van der Waals surface area contributed by atoms with E-state index in [0.717, 1.165) is 49.2 Å². The molecule has 2 heterocycles. The lowest BCUT2D eigenvalue weighted by molar-refractivity contribution is 0.459. The van der Waals surface area contributed by atoms with E-state index in [0.29, 0.717) is 12.8 Å². The van der Waals surface area contributed by atoms with Gasteiger partial charge in [0, 0.05) is 16.6 Å². The maximum absolute atomic E-state index is 12.4. The molecule has 1 unspecified atom stereocenters. The number of fused-ring (bicyclic) bond motifs is 1. The molecule has 0 fully saturated rings. The number of hydrogen-bond donors (Lipinski definition) is 1. The van der Waals surface area contributed by atoms with Crippen LogP contribution in [-0.2, 0) is 17.4 Å². The maximum Gasteiger partial charge on any atom is 0.167 e. The third-order valence-electron chi connectivity index (χ3n) is 6.17. The summed E-state index contributed by atoms with van der Waals surface area (Å²) >= 11 is 3.50. The number of rotatable bonds is 7. The van der Waals surface area contributed by atoms with Gasteiger partial charge in [0.05, 0.1) is 15.7 Å². The molecule has 2 aromatic carbocycles. The molecule has 0 radical (unpaired) electrons. The highest BCUT2D eigenvalue weighted by Gasteiger charge is 2.31. The number of benzene rings is 2. The summed E-state index contributed by atoms with van der Waals surface area (Å²) in [6.07, 6.45) is 1.33. The summed E-state index contributed by atoms with van der Waals surface area (Å²) in [4.78, 5) is 4.74. The molecule has 172 valence electrons. The number of halogens is 1. The summed E-state index contributed by atoms with van der Waals surface area (Å²) in [6.45, 7) is 8.01. The molecule has 2 aromatic heterocycles. The second kappa shape index (κ2) is 9.49. The van der Waals surface area contributed by atoms with Gasteiger partial charge in [0.1, 0.15) is 10.3 Å². The van der Waals surface area contributed by atoms with Crippen LogP contribution in [0.15, 0.2) is 63.7 Å². The van der Waals surface area contributed by atoms with Gasteiger partial charge in [0.25, 0.3) is 0 Å². The molecule has 33 heavy (non-hydrogen) atoms. The molecule has 4 aromatic rings. The fourth-order valence-corrected chi connectivity index (χ4v) is 4.97. The zero-order valence-electron chi connectivity index (χ0n) is 19.3. The van der Waals surface area contributed by atoms with Crippen LogP contribution in [0.2, 0.25) is 0 Å². The van der Waals surface area contributed by atoms with Gasteiger partial charge in [-0.1, -0.05) is 41.6 Å². The molecule has 2 N–H and O–H groups in total. The topological polar surface area (TPSA) is 82.0 Å². The number of aryl methyl sites for hydroxylation is 2. The molecule has 0 aliphatic heterocycles. The summed E-state index contributed by atoms with van der Waals surface area (Å²) < 4.78 is 18.3. The second-order valence-corrected chi connectivity index (χ2v) is 11.7. The van der Waals surface area contributed by atoms with Crippen molar-refractivity contribution in [3.05, 3.63) is 81.6 Å². The molecule has 0 spiro atoms. The van der Waals surface area contributed by atoms with E-state index in [1.54, 1.807) is 0 Å². The largest absolute Gasteiger partial charge is 0.356 e. The summed E-state index contributed by atoms with van der Waals surface area (Å²) in [5, 5.41) is 11.3. The standard InChI is InChI=1S/C26H28BrN3O2S/c1-16-9-11-21-23(13-16)32-30-25(21)20-8-6-5-7-19(20)18(15-26(3,4)33(28)31)14-22-17(2)10-12-24(27)29-22/h5-13,18H,14-15,28H2,1-4H3/t18-,33?/m0/s1. The molecular formula is C26H28BrN3O2S. The van der Waals surface area contributed by atoms with E-state index >= 15 is 0 Å². The zero-order chi connectivity index (χ0) is 23.8. The molecule has 0 aliphatic carbocycles. The van der Waals surface area contributed by atoms with E-state index in [9.17, 15) is 4.21 Å². The molecule has 7 heteroatoms. The van der Waals surface area contributed by atoms with Crippen molar-refractivity contribution in [3.63, 3.8) is 0 Å². The Labute approximate surface area is 205 Å². The highest BCUT2D eigenvalue weighted by Crippen LogP contribution is 2.39. The molecule has 4 rings (SSSR count). The van der Waals surface area contributed by atoms with Gasteiger partial charge in [-0.25, -0.2) is 9.19 Å². The predicted octanol–water partition coefficient (Wildman–Crippen LogP) is 6.39. The quantitative estimate of drug-likeness (QED) is 0.283. The molecule has 0 bridgehead atoms. The van der Waals surface area contributed by atoms with E-state index in [4.69, 9.17) is 14.6 Å². The van der Waals surface area contributed by atoms with Crippen molar-refractivity contribution in [1.29, 1.82) is 0 Å². The minimum absolute atomic E-state index is 0.0291. The molecule has 0 aliphatic rings. The van der Waals surface area contributed by atoms with E-state index in [1.165, 1.54) is 0 Å². The van der Waals surface area contributed by atoms with E-state index in [2.05, 4.69) is 58.3 Å². The van der Waals surface area contributed by atoms with E-state index in [1.807, 2.05) is 45.0 Å². The first-order valence-electron chi connectivity index (χ1n) is 10.9. The Kier molecular flexibility index (Phi) is 6.84. The second-order valence-electron chi connectivity index (χ2n) is 9.18. The SMILES string of the molecule is Cc1ccc2c(-c3ccccc3[C@@H](Cc3nc(Br)ccc3C)CC(C)(C)S(N)=O)noc2c1. The van der Waals surface area contributed by atoms with Crippen molar-refractivity contribution in [1.82, 2.24) is 10.1 Å². The predicted molar refractivity (Wildman–Crippen MR) is 138 cm³/mol. The highest BCUT2D eigenvalue weighted by molar-refractivity contribution is 9.10. The lowest BCUT2D eigenvalue weighted by Gasteiger charge is -2.29. The Bertz CT molecular complexity index is 1330. The van der Waals surface area contributed by atoms with Crippen LogP contribution in [0.5, 0.6) is 0 Å². The first kappa shape index (κ1) is 23.8. The number of pyridine rings is 1. The normalized spacial score (nSPS) is 13.9. The van der Waals surface area contributed by atoms with Crippen LogP contribution in [0, 0.1) is 13.8 Å². The summed E-state index contributed by atoms with van der Waals surface area (Å²) in [7, 11) is -1.47. The first-order valence-corrected chi connectivity index (χ1v) is 12.9. The van der Waals surface area contributed by atoms with Crippen molar-refractivity contribution in [2.24, 2.45) is 5.14 Å². The Hall–Kier alpha value is -2.35. The van der Waals surface area contributed by atoms with Crippen LogP contribution in [0.3, 0.4) is 0 Å². The van der Waals surface area contributed by atoms with Crippen LogP contribution in [-0.4, -0.2) is 19.1 Å². The highest BCUT2D eigenvalue weighted by atomic mass is 79.9. The summed E-state index contributed by atoms with van der Waals surface area (Å²) in [6, 6.07) is 18.4. The summed E-state index contributed by atoms with van der Waals surface area (Å²) in [5.74, 6) is 0.0291. The van der Waals surface area contributed by atoms with Crippen LogP contribution < -0.4 is 5.14 Å². The third kappa shape index (κ3) is 5.10.